The van der Waals surface area contributed by atoms with Gasteiger partial charge >= 0.3 is 6.03 Å². The number of carbonyl (C=O) groups excluding carboxylic acids is 1. The van der Waals surface area contributed by atoms with Crippen molar-refractivity contribution in [2.75, 3.05) is 11.9 Å². The van der Waals surface area contributed by atoms with Gasteiger partial charge in [-0.3, -0.25) is 4.72 Å². The fourth-order valence-electron chi connectivity index (χ4n) is 1.72. The van der Waals surface area contributed by atoms with Crippen molar-refractivity contribution in [3.63, 3.8) is 0 Å². The smallest absolute Gasteiger partial charge is 0.312 e. The molecule has 0 aliphatic carbocycles. The molecule has 3 N–H and O–H groups in total. The normalized spacial score (nSPS) is 14.2. The van der Waals surface area contributed by atoms with Crippen LogP contribution in [0.15, 0.2) is 18.2 Å². The van der Waals surface area contributed by atoms with Crippen molar-refractivity contribution in [1.29, 1.82) is 0 Å². The van der Waals surface area contributed by atoms with Gasteiger partial charge < -0.3 is 10.6 Å². The molecular weight excluding hydrogens is 210 g/mol. The third-order valence-electron chi connectivity index (χ3n) is 2.45. The molecule has 0 aromatic heterocycles. The van der Waals surface area contributed by atoms with Crippen LogP contribution in [-0.2, 0) is 13.0 Å². The second-order valence-corrected chi connectivity index (χ2v) is 3.70. The lowest BCUT2D eigenvalue weighted by atomic mass is 10.0. The first-order chi connectivity index (χ1) is 7.29. The number of urea groups is 1. The van der Waals surface area contributed by atoms with E-state index < -0.39 is 0 Å². The van der Waals surface area contributed by atoms with Crippen LogP contribution in [-0.4, -0.2) is 12.6 Å². The lowest BCUT2D eigenvalue weighted by Crippen LogP contribution is -2.24. The van der Waals surface area contributed by atoms with E-state index in [1.807, 2.05) is 12.1 Å². The molecule has 0 bridgehead atoms. The predicted octanol–water partition coefficient (Wildman–Crippen LogP) is 1.30. The first kappa shape index (κ1) is 10.3. The fourth-order valence-corrected chi connectivity index (χ4v) is 1.77. The maximum atomic E-state index is 11.0. The van der Waals surface area contributed by atoms with Gasteiger partial charge in [0.2, 0.25) is 0 Å². The third kappa shape index (κ3) is 2.43. The van der Waals surface area contributed by atoms with Gasteiger partial charge in [0, 0.05) is 12.2 Å². The van der Waals surface area contributed by atoms with E-state index in [9.17, 15) is 4.79 Å². The van der Waals surface area contributed by atoms with Crippen molar-refractivity contribution >= 4 is 24.5 Å². The van der Waals surface area contributed by atoms with E-state index in [1.54, 1.807) is 0 Å². The number of carbonyl (C=O) groups is 1. The molecule has 0 radical (unpaired) electrons. The molecule has 4 nitrogen and oxygen atoms in total. The molecule has 5 heteroatoms. The van der Waals surface area contributed by atoms with Crippen molar-refractivity contribution in [2.24, 2.45) is 0 Å². The summed E-state index contributed by atoms with van der Waals surface area (Å²) in [5.74, 6) is 0. The van der Waals surface area contributed by atoms with Gasteiger partial charge in [0.05, 0.1) is 0 Å². The minimum Gasteiger partial charge on any atom is -0.312 e. The highest BCUT2D eigenvalue weighted by Crippen LogP contribution is 2.18. The van der Waals surface area contributed by atoms with E-state index in [-0.39, 0.29) is 6.03 Å². The van der Waals surface area contributed by atoms with Crippen molar-refractivity contribution < 1.29 is 4.79 Å². The van der Waals surface area contributed by atoms with Crippen LogP contribution >= 0.6 is 12.8 Å². The number of hydrogen-bond donors (Lipinski definition) is 4. The second kappa shape index (κ2) is 4.55. The standard InChI is InChI=1S/C10H13N3OS/c14-10(13-15)12-9-2-1-7-3-4-11-6-8(7)5-9/h1-2,5,11,15H,3-4,6H2,(H2,12,13,14). The van der Waals surface area contributed by atoms with E-state index in [0.717, 1.165) is 25.2 Å². The zero-order valence-electron chi connectivity index (χ0n) is 8.21. The van der Waals surface area contributed by atoms with Crippen LogP contribution in [0.2, 0.25) is 0 Å². The summed E-state index contributed by atoms with van der Waals surface area (Å²) < 4.78 is 2.22. The van der Waals surface area contributed by atoms with E-state index in [0.29, 0.717) is 0 Å². The topological polar surface area (TPSA) is 53.2 Å². The van der Waals surface area contributed by atoms with E-state index in [1.165, 1.54) is 11.1 Å². The molecule has 1 aliphatic heterocycles. The summed E-state index contributed by atoms with van der Waals surface area (Å²) in [6.45, 7) is 1.89. The first-order valence-corrected chi connectivity index (χ1v) is 5.28. The van der Waals surface area contributed by atoms with Crippen LogP contribution in [0.1, 0.15) is 11.1 Å². The van der Waals surface area contributed by atoms with Gasteiger partial charge in [-0.1, -0.05) is 18.9 Å². The van der Waals surface area contributed by atoms with E-state index >= 15 is 0 Å². The summed E-state index contributed by atoms with van der Waals surface area (Å²) in [4.78, 5) is 11.0. The summed E-state index contributed by atoms with van der Waals surface area (Å²) in [5.41, 5.74) is 3.40. The average Bonchev–Trinajstić information content (AvgIpc) is 2.29. The lowest BCUT2D eigenvalue weighted by molar-refractivity contribution is 0.257. The van der Waals surface area contributed by atoms with Crippen molar-refractivity contribution in [2.45, 2.75) is 13.0 Å². The zero-order chi connectivity index (χ0) is 10.7. The highest BCUT2D eigenvalue weighted by molar-refractivity contribution is 7.78. The maximum absolute atomic E-state index is 11.0. The molecule has 2 amide bonds. The number of amides is 2. The molecule has 1 aromatic rings. The van der Waals surface area contributed by atoms with Crippen molar-refractivity contribution in [3.8, 4) is 0 Å². The Morgan fingerprint density at radius 1 is 1.40 bits per heavy atom. The Morgan fingerprint density at radius 3 is 3.07 bits per heavy atom. The van der Waals surface area contributed by atoms with Crippen LogP contribution in [0.3, 0.4) is 0 Å². The molecule has 0 unspecified atom stereocenters. The molecule has 80 valence electrons. The molecule has 15 heavy (non-hydrogen) atoms. The number of hydrogen-bond acceptors (Lipinski definition) is 3. The Morgan fingerprint density at radius 2 is 2.27 bits per heavy atom. The number of nitrogens with one attached hydrogen (secondary N) is 3. The molecule has 0 atom stereocenters. The highest BCUT2D eigenvalue weighted by Gasteiger charge is 2.09. The van der Waals surface area contributed by atoms with Crippen LogP contribution in [0, 0.1) is 0 Å². The Balaban J connectivity index is 2.17. The predicted molar refractivity (Wildman–Crippen MR) is 63.0 cm³/mol. The average molecular weight is 223 g/mol. The summed E-state index contributed by atoms with van der Waals surface area (Å²) in [7, 11) is 0. The SMILES string of the molecule is O=C(NS)Nc1ccc2c(c1)CNCC2. The molecular formula is C10H13N3OS. The largest absolute Gasteiger partial charge is 0.329 e. The molecule has 1 aliphatic rings. The Bertz CT molecular complexity index is 381. The maximum Gasteiger partial charge on any atom is 0.329 e. The molecule has 0 saturated heterocycles. The monoisotopic (exact) mass is 223 g/mol. The number of thiol groups is 1. The summed E-state index contributed by atoms with van der Waals surface area (Å²) in [5, 5.41) is 5.98. The minimum absolute atomic E-state index is 0.318. The molecule has 0 spiro atoms. The van der Waals surface area contributed by atoms with Gasteiger partial charge in [-0.25, -0.2) is 4.79 Å². The Labute approximate surface area is 94.0 Å². The molecule has 1 aromatic carbocycles. The lowest BCUT2D eigenvalue weighted by Gasteiger charge is -2.17. The second-order valence-electron chi connectivity index (χ2n) is 3.48. The number of anilines is 1. The highest BCUT2D eigenvalue weighted by atomic mass is 32.1. The van der Waals surface area contributed by atoms with Crippen LogP contribution in [0.5, 0.6) is 0 Å². The molecule has 0 saturated carbocycles. The third-order valence-corrected chi connectivity index (χ3v) is 2.66. The van der Waals surface area contributed by atoms with Crippen molar-refractivity contribution in [3.05, 3.63) is 29.3 Å². The number of rotatable bonds is 1. The fraction of sp³-hybridized carbons (Fsp3) is 0.300. The molecule has 1 heterocycles. The van der Waals surface area contributed by atoms with Crippen LogP contribution in [0.4, 0.5) is 10.5 Å². The van der Waals surface area contributed by atoms with Gasteiger partial charge in [-0.2, -0.15) is 0 Å². The van der Waals surface area contributed by atoms with Crippen LogP contribution in [0.25, 0.3) is 0 Å². The summed E-state index contributed by atoms with van der Waals surface area (Å²) >= 11 is 3.67. The number of benzene rings is 1. The molecule has 0 fully saturated rings. The minimum atomic E-state index is -0.318. The number of fused-ring (bicyclic) bond motifs is 1. The van der Waals surface area contributed by atoms with Gasteiger partial charge in [0.15, 0.2) is 0 Å². The van der Waals surface area contributed by atoms with Gasteiger partial charge in [0.1, 0.15) is 0 Å². The van der Waals surface area contributed by atoms with Gasteiger partial charge in [-0.05, 0) is 36.2 Å². The zero-order valence-corrected chi connectivity index (χ0v) is 9.10. The quantitative estimate of drug-likeness (QED) is 0.542. The Kier molecular flexibility index (Phi) is 3.13. The van der Waals surface area contributed by atoms with Crippen LogP contribution < -0.4 is 15.4 Å². The molecule has 2 rings (SSSR count). The van der Waals surface area contributed by atoms with E-state index in [4.69, 9.17) is 0 Å². The van der Waals surface area contributed by atoms with Gasteiger partial charge in [-0.15, -0.1) is 0 Å². The van der Waals surface area contributed by atoms with E-state index in [2.05, 4.69) is 34.2 Å². The first-order valence-electron chi connectivity index (χ1n) is 4.83. The van der Waals surface area contributed by atoms with Gasteiger partial charge in [0.25, 0.3) is 0 Å². The Hall–Kier alpha value is -1.20. The summed E-state index contributed by atoms with van der Waals surface area (Å²) in [6, 6.07) is 5.64. The summed E-state index contributed by atoms with van der Waals surface area (Å²) in [6.07, 6.45) is 1.05. The van der Waals surface area contributed by atoms with Crippen molar-refractivity contribution in [1.82, 2.24) is 10.0 Å².